The molecule has 156 valence electrons. The average Bonchev–Trinajstić information content (AvgIpc) is 2.77. The van der Waals surface area contributed by atoms with Crippen molar-refractivity contribution >= 4 is 11.9 Å². The van der Waals surface area contributed by atoms with Crippen LogP contribution in [0.3, 0.4) is 0 Å². The number of nitrogens with one attached hydrogen (secondary N) is 1. The quantitative estimate of drug-likeness (QED) is 0.501. The fraction of sp³-hybridized carbons (Fsp3) is 0.364. The molecule has 0 fully saturated rings. The van der Waals surface area contributed by atoms with Gasteiger partial charge in [-0.15, -0.1) is 0 Å². The zero-order valence-corrected chi connectivity index (χ0v) is 17.6. The van der Waals surface area contributed by atoms with Gasteiger partial charge >= 0.3 is 0 Å². The van der Waals surface area contributed by atoms with Gasteiger partial charge in [-0.2, -0.15) is 0 Å². The van der Waals surface area contributed by atoms with E-state index in [2.05, 4.69) is 10.3 Å². The number of benzene rings is 2. The van der Waals surface area contributed by atoms with E-state index in [1.54, 1.807) is 19.1 Å². The third-order valence-corrected chi connectivity index (χ3v) is 4.61. The molecule has 29 heavy (non-hydrogen) atoms. The van der Waals surface area contributed by atoms with Gasteiger partial charge in [0.15, 0.2) is 17.5 Å². The zero-order valence-electron chi connectivity index (χ0n) is 17.6. The highest BCUT2D eigenvalue weighted by atomic mass is 16.5. The molecule has 0 aliphatic heterocycles. The van der Waals surface area contributed by atoms with Gasteiger partial charge in [0.2, 0.25) is 0 Å². The first-order chi connectivity index (χ1) is 14.0. The highest BCUT2D eigenvalue weighted by Crippen LogP contribution is 2.27. The van der Waals surface area contributed by atoms with Gasteiger partial charge in [0, 0.05) is 25.2 Å². The van der Waals surface area contributed by atoms with Crippen LogP contribution in [0.5, 0.6) is 11.5 Å². The van der Waals surface area contributed by atoms with E-state index in [4.69, 9.17) is 15.2 Å². The topological polar surface area (TPSA) is 89.2 Å². The molecule has 0 bridgehead atoms. The minimum atomic E-state index is 0.0468. The average molecular weight is 399 g/mol. The third-order valence-electron chi connectivity index (χ3n) is 4.61. The third kappa shape index (κ3) is 6.14. The van der Waals surface area contributed by atoms with Gasteiger partial charge in [-0.25, -0.2) is 4.99 Å². The Bertz CT molecular complexity index is 830. The minimum absolute atomic E-state index is 0.0468. The second-order valence-electron chi connectivity index (χ2n) is 6.42. The number of nitrogens with two attached hydrogens (primary N) is 1. The summed E-state index contributed by atoms with van der Waals surface area (Å²) in [6.45, 7) is 6.31. The molecule has 1 amide bonds. The molecule has 0 saturated heterocycles. The number of aliphatic imine (C=N–C) groups is 1. The molecule has 0 aliphatic rings. The Morgan fingerprint density at radius 3 is 2.21 bits per heavy atom. The predicted molar refractivity (Wildman–Crippen MR) is 115 cm³/mol. The summed E-state index contributed by atoms with van der Waals surface area (Å²) < 4.78 is 10.5. The Morgan fingerprint density at radius 1 is 1.00 bits per heavy atom. The van der Waals surface area contributed by atoms with E-state index in [1.165, 1.54) is 0 Å². The maximum absolute atomic E-state index is 12.3. The first-order valence-corrected chi connectivity index (χ1v) is 9.65. The lowest BCUT2D eigenvalue weighted by atomic mass is 10.1. The number of hydrogen-bond donors (Lipinski definition) is 2. The lowest BCUT2D eigenvalue weighted by Crippen LogP contribution is -2.31. The van der Waals surface area contributed by atoms with Crippen molar-refractivity contribution in [3.63, 3.8) is 0 Å². The smallest absolute Gasteiger partial charge is 0.253 e. The summed E-state index contributed by atoms with van der Waals surface area (Å²) in [4.78, 5) is 18.5. The SMILES string of the molecule is CCN(CC)C(=O)c1ccc(CNC(N)=NCc2ccc(OC)c(OC)c2)cc1. The van der Waals surface area contributed by atoms with Crippen LogP contribution in [0.2, 0.25) is 0 Å². The summed E-state index contributed by atoms with van der Waals surface area (Å²) >= 11 is 0. The first kappa shape index (κ1) is 22.1. The van der Waals surface area contributed by atoms with Crippen LogP contribution in [0.1, 0.15) is 35.3 Å². The summed E-state index contributed by atoms with van der Waals surface area (Å²) in [5.74, 6) is 1.73. The molecule has 0 radical (unpaired) electrons. The van der Waals surface area contributed by atoms with Crippen LogP contribution in [0, 0.1) is 0 Å². The summed E-state index contributed by atoms with van der Waals surface area (Å²) in [5, 5.41) is 3.09. The van der Waals surface area contributed by atoms with Crippen molar-refractivity contribution in [2.75, 3.05) is 27.3 Å². The first-order valence-electron chi connectivity index (χ1n) is 9.65. The van der Waals surface area contributed by atoms with Crippen LogP contribution >= 0.6 is 0 Å². The molecule has 0 atom stereocenters. The van der Waals surface area contributed by atoms with E-state index in [-0.39, 0.29) is 5.91 Å². The number of methoxy groups -OCH3 is 2. The normalized spacial score (nSPS) is 11.1. The van der Waals surface area contributed by atoms with E-state index in [0.29, 0.717) is 49.2 Å². The summed E-state index contributed by atoms with van der Waals surface area (Å²) in [6.07, 6.45) is 0. The lowest BCUT2D eigenvalue weighted by molar-refractivity contribution is 0.0773. The van der Waals surface area contributed by atoms with Crippen molar-refractivity contribution in [1.29, 1.82) is 0 Å². The van der Waals surface area contributed by atoms with Gasteiger partial charge in [-0.05, 0) is 49.2 Å². The number of nitrogens with zero attached hydrogens (tertiary/aromatic N) is 2. The molecule has 0 spiro atoms. The fourth-order valence-electron chi connectivity index (χ4n) is 2.86. The maximum atomic E-state index is 12.3. The number of carbonyl (C=O) groups is 1. The number of guanidine groups is 1. The van der Waals surface area contributed by atoms with Crippen molar-refractivity contribution in [3.8, 4) is 11.5 Å². The number of hydrogen-bond acceptors (Lipinski definition) is 4. The summed E-state index contributed by atoms with van der Waals surface area (Å²) in [5.41, 5.74) is 8.64. The van der Waals surface area contributed by atoms with Gasteiger partial charge < -0.3 is 25.4 Å². The molecule has 2 aromatic rings. The zero-order chi connectivity index (χ0) is 21.2. The molecule has 7 nitrogen and oxygen atoms in total. The summed E-state index contributed by atoms with van der Waals surface area (Å²) in [6, 6.07) is 13.2. The van der Waals surface area contributed by atoms with Crippen molar-refractivity contribution in [2.45, 2.75) is 26.9 Å². The molecule has 2 rings (SSSR count). The highest BCUT2D eigenvalue weighted by Gasteiger charge is 2.11. The molecular formula is C22H30N4O3. The maximum Gasteiger partial charge on any atom is 0.253 e. The number of carbonyl (C=O) groups excluding carboxylic acids is 1. The number of amides is 1. The summed E-state index contributed by atoms with van der Waals surface area (Å²) in [7, 11) is 3.20. The second-order valence-corrected chi connectivity index (χ2v) is 6.42. The monoisotopic (exact) mass is 398 g/mol. The van der Waals surface area contributed by atoms with Gasteiger partial charge in [-0.1, -0.05) is 18.2 Å². The van der Waals surface area contributed by atoms with Crippen LogP contribution in [0.25, 0.3) is 0 Å². The van der Waals surface area contributed by atoms with Gasteiger partial charge in [0.05, 0.1) is 20.8 Å². The van der Waals surface area contributed by atoms with E-state index in [1.807, 2.05) is 56.3 Å². The Morgan fingerprint density at radius 2 is 1.62 bits per heavy atom. The fourth-order valence-corrected chi connectivity index (χ4v) is 2.86. The van der Waals surface area contributed by atoms with Crippen LogP contribution in [-0.2, 0) is 13.1 Å². The molecule has 0 aliphatic carbocycles. The van der Waals surface area contributed by atoms with E-state index in [9.17, 15) is 4.79 Å². The van der Waals surface area contributed by atoms with Crippen molar-refractivity contribution in [1.82, 2.24) is 10.2 Å². The van der Waals surface area contributed by atoms with E-state index >= 15 is 0 Å². The van der Waals surface area contributed by atoms with Crippen LogP contribution in [0.15, 0.2) is 47.5 Å². The van der Waals surface area contributed by atoms with Gasteiger partial charge in [0.1, 0.15) is 0 Å². The van der Waals surface area contributed by atoms with Crippen molar-refractivity contribution in [2.24, 2.45) is 10.7 Å². The molecule has 0 saturated carbocycles. The van der Waals surface area contributed by atoms with E-state index in [0.717, 1.165) is 11.1 Å². The molecule has 0 unspecified atom stereocenters. The molecular weight excluding hydrogens is 368 g/mol. The molecule has 0 heterocycles. The predicted octanol–water partition coefficient (Wildman–Crippen LogP) is 2.79. The Balaban J connectivity index is 1.91. The number of rotatable bonds is 9. The highest BCUT2D eigenvalue weighted by molar-refractivity contribution is 5.94. The number of ether oxygens (including phenoxy) is 2. The van der Waals surface area contributed by atoms with Crippen molar-refractivity contribution in [3.05, 3.63) is 59.2 Å². The Hall–Kier alpha value is -3.22. The largest absolute Gasteiger partial charge is 0.493 e. The molecule has 0 aromatic heterocycles. The van der Waals surface area contributed by atoms with Gasteiger partial charge in [0.25, 0.3) is 5.91 Å². The van der Waals surface area contributed by atoms with Crippen molar-refractivity contribution < 1.29 is 14.3 Å². The van der Waals surface area contributed by atoms with Gasteiger partial charge in [-0.3, -0.25) is 4.79 Å². The lowest BCUT2D eigenvalue weighted by Gasteiger charge is -2.18. The Kier molecular flexibility index (Phi) is 8.33. The standard InChI is InChI=1S/C22H30N4O3/c1-5-26(6-2)21(27)18-10-7-16(8-11-18)14-24-22(23)25-15-17-9-12-19(28-3)20(13-17)29-4/h7-13H,5-6,14-15H2,1-4H3,(H3,23,24,25). The molecule has 7 heteroatoms. The Labute approximate surface area is 172 Å². The van der Waals surface area contributed by atoms with Crippen LogP contribution in [0.4, 0.5) is 0 Å². The second kappa shape index (κ2) is 10.9. The molecule has 3 N–H and O–H groups in total. The minimum Gasteiger partial charge on any atom is -0.493 e. The van der Waals surface area contributed by atoms with Crippen LogP contribution < -0.4 is 20.5 Å². The van der Waals surface area contributed by atoms with E-state index < -0.39 is 0 Å². The van der Waals surface area contributed by atoms with Crippen LogP contribution in [-0.4, -0.2) is 44.1 Å². The molecule has 2 aromatic carbocycles.